The number of thiophene rings is 1. The average molecular weight is 284 g/mol. The summed E-state index contributed by atoms with van der Waals surface area (Å²) in [4.78, 5) is 27.0. The SMILES string of the molecule is O=Cc1c(NCc2cccs2)c2ccccc2[nH]c1=O. The minimum absolute atomic E-state index is 0.139. The minimum Gasteiger partial charge on any atom is -0.379 e. The highest BCUT2D eigenvalue weighted by Crippen LogP contribution is 2.23. The van der Waals surface area contributed by atoms with Gasteiger partial charge in [0.1, 0.15) is 5.56 Å². The van der Waals surface area contributed by atoms with Crippen LogP contribution in [0.3, 0.4) is 0 Å². The molecule has 0 unspecified atom stereocenters. The van der Waals surface area contributed by atoms with Gasteiger partial charge < -0.3 is 10.3 Å². The van der Waals surface area contributed by atoms with Crippen molar-refractivity contribution in [2.75, 3.05) is 5.32 Å². The fraction of sp³-hybridized carbons (Fsp3) is 0.0667. The van der Waals surface area contributed by atoms with Gasteiger partial charge in [0.15, 0.2) is 6.29 Å². The Hall–Kier alpha value is -2.40. The molecule has 5 heteroatoms. The molecule has 0 aliphatic rings. The van der Waals surface area contributed by atoms with Crippen LogP contribution in [0.4, 0.5) is 5.69 Å². The standard InChI is InChI=1S/C15H12N2O2S/c18-9-12-14(16-8-10-4-3-7-20-10)11-5-1-2-6-13(11)17-15(12)19/h1-7,9H,8H2,(H2,16,17,19). The maximum absolute atomic E-state index is 11.9. The van der Waals surface area contributed by atoms with Crippen LogP contribution in [0, 0.1) is 0 Å². The second kappa shape index (κ2) is 5.30. The molecule has 2 heterocycles. The molecular formula is C15H12N2O2S. The van der Waals surface area contributed by atoms with Crippen molar-refractivity contribution in [1.29, 1.82) is 0 Å². The molecule has 20 heavy (non-hydrogen) atoms. The Bertz CT molecular complexity index is 806. The van der Waals surface area contributed by atoms with Gasteiger partial charge in [0, 0.05) is 16.8 Å². The van der Waals surface area contributed by atoms with Crippen LogP contribution in [0.25, 0.3) is 10.9 Å². The lowest BCUT2D eigenvalue weighted by atomic mass is 10.1. The van der Waals surface area contributed by atoms with Crippen molar-refractivity contribution >= 4 is 34.2 Å². The zero-order chi connectivity index (χ0) is 13.9. The van der Waals surface area contributed by atoms with E-state index in [0.29, 0.717) is 18.5 Å². The number of pyridine rings is 1. The maximum atomic E-state index is 11.9. The van der Waals surface area contributed by atoms with E-state index < -0.39 is 0 Å². The highest BCUT2D eigenvalue weighted by molar-refractivity contribution is 7.09. The topological polar surface area (TPSA) is 62.0 Å². The third-order valence-electron chi connectivity index (χ3n) is 3.10. The summed E-state index contributed by atoms with van der Waals surface area (Å²) in [6.45, 7) is 0.589. The predicted octanol–water partition coefficient (Wildman–Crippen LogP) is 3.01. The summed E-state index contributed by atoms with van der Waals surface area (Å²) in [5.74, 6) is 0. The predicted molar refractivity (Wildman–Crippen MR) is 81.6 cm³/mol. The van der Waals surface area contributed by atoms with Crippen LogP contribution >= 0.6 is 11.3 Å². The van der Waals surface area contributed by atoms with E-state index in [4.69, 9.17) is 0 Å². The summed E-state index contributed by atoms with van der Waals surface area (Å²) in [7, 11) is 0. The van der Waals surface area contributed by atoms with Crippen LogP contribution in [0.15, 0.2) is 46.6 Å². The quantitative estimate of drug-likeness (QED) is 0.724. The van der Waals surface area contributed by atoms with E-state index in [1.807, 2.05) is 41.8 Å². The Balaban J connectivity index is 2.11. The van der Waals surface area contributed by atoms with Gasteiger partial charge in [0.25, 0.3) is 5.56 Å². The first-order valence-corrected chi connectivity index (χ1v) is 7.04. The van der Waals surface area contributed by atoms with Crippen molar-refractivity contribution in [3.05, 3.63) is 62.6 Å². The van der Waals surface area contributed by atoms with Gasteiger partial charge in [-0.05, 0) is 17.5 Å². The molecule has 3 aromatic rings. The number of H-pyrrole nitrogens is 1. The lowest BCUT2D eigenvalue weighted by Gasteiger charge is -2.11. The molecule has 4 nitrogen and oxygen atoms in total. The molecule has 0 saturated heterocycles. The van der Waals surface area contributed by atoms with Crippen molar-refractivity contribution in [2.24, 2.45) is 0 Å². The van der Waals surface area contributed by atoms with Gasteiger partial charge in [-0.3, -0.25) is 9.59 Å². The van der Waals surface area contributed by atoms with E-state index in [2.05, 4.69) is 10.3 Å². The molecule has 3 rings (SSSR count). The first-order chi connectivity index (χ1) is 9.79. The minimum atomic E-state index is -0.368. The van der Waals surface area contributed by atoms with Crippen molar-refractivity contribution in [1.82, 2.24) is 4.98 Å². The molecule has 0 amide bonds. The van der Waals surface area contributed by atoms with Gasteiger partial charge in [-0.1, -0.05) is 24.3 Å². The van der Waals surface area contributed by atoms with Crippen LogP contribution < -0.4 is 10.9 Å². The van der Waals surface area contributed by atoms with Crippen LogP contribution in [0.1, 0.15) is 15.2 Å². The van der Waals surface area contributed by atoms with Crippen LogP contribution in [-0.4, -0.2) is 11.3 Å². The van der Waals surface area contributed by atoms with E-state index in [-0.39, 0.29) is 11.1 Å². The fourth-order valence-electron chi connectivity index (χ4n) is 2.15. The highest BCUT2D eigenvalue weighted by atomic mass is 32.1. The number of hydrogen-bond acceptors (Lipinski definition) is 4. The third-order valence-corrected chi connectivity index (χ3v) is 3.97. The molecule has 0 bridgehead atoms. The number of anilines is 1. The average Bonchev–Trinajstić information content (AvgIpc) is 2.97. The summed E-state index contributed by atoms with van der Waals surface area (Å²) in [6.07, 6.45) is 0.599. The number of nitrogens with one attached hydrogen (secondary N) is 2. The molecule has 0 radical (unpaired) electrons. The van der Waals surface area contributed by atoms with E-state index in [9.17, 15) is 9.59 Å². The smallest absolute Gasteiger partial charge is 0.261 e. The molecule has 2 aromatic heterocycles. The molecular weight excluding hydrogens is 272 g/mol. The summed E-state index contributed by atoms with van der Waals surface area (Å²) in [5, 5.41) is 6.04. The maximum Gasteiger partial charge on any atom is 0.261 e. The van der Waals surface area contributed by atoms with Crippen LogP contribution in [0.5, 0.6) is 0 Å². The Kier molecular flexibility index (Phi) is 3.35. The lowest BCUT2D eigenvalue weighted by molar-refractivity contribution is 0.112. The highest BCUT2D eigenvalue weighted by Gasteiger charge is 2.11. The summed E-state index contributed by atoms with van der Waals surface area (Å²) < 4.78 is 0. The second-order valence-corrected chi connectivity index (χ2v) is 5.37. The number of carbonyl (C=O) groups excluding carboxylic acids is 1. The van der Waals surface area contributed by atoms with Crippen molar-refractivity contribution in [2.45, 2.75) is 6.54 Å². The molecule has 0 aliphatic carbocycles. The monoisotopic (exact) mass is 284 g/mol. The zero-order valence-corrected chi connectivity index (χ0v) is 11.4. The van der Waals surface area contributed by atoms with Gasteiger partial charge in [-0.2, -0.15) is 0 Å². The van der Waals surface area contributed by atoms with E-state index in [1.54, 1.807) is 11.3 Å². The normalized spacial score (nSPS) is 10.6. The largest absolute Gasteiger partial charge is 0.379 e. The van der Waals surface area contributed by atoms with E-state index in [1.165, 1.54) is 0 Å². The molecule has 0 atom stereocenters. The van der Waals surface area contributed by atoms with Gasteiger partial charge in [-0.25, -0.2) is 0 Å². The number of para-hydroxylation sites is 1. The Labute approximate surface area is 119 Å². The Morgan fingerprint density at radius 1 is 1.20 bits per heavy atom. The van der Waals surface area contributed by atoms with Crippen LogP contribution in [0.2, 0.25) is 0 Å². The fourth-order valence-corrected chi connectivity index (χ4v) is 2.79. The Morgan fingerprint density at radius 2 is 2.05 bits per heavy atom. The van der Waals surface area contributed by atoms with Gasteiger partial charge in [-0.15, -0.1) is 11.3 Å². The first-order valence-electron chi connectivity index (χ1n) is 6.16. The van der Waals surface area contributed by atoms with Crippen molar-refractivity contribution in [3.8, 4) is 0 Å². The van der Waals surface area contributed by atoms with Gasteiger partial charge in [0.2, 0.25) is 0 Å². The molecule has 2 N–H and O–H groups in total. The molecule has 0 saturated carbocycles. The molecule has 1 aromatic carbocycles. The third kappa shape index (κ3) is 2.23. The second-order valence-electron chi connectivity index (χ2n) is 4.34. The van der Waals surface area contributed by atoms with E-state index in [0.717, 1.165) is 15.8 Å². The summed E-state index contributed by atoms with van der Waals surface area (Å²) >= 11 is 1.63. The molecule has 0 fully saturated rings. The number of aldehydes is 1. The molecule has 0 spiro atoms. The first kappa shape index (κ1) is 12.6. The molecule has 100 valence electrons. The summed E-state index contributed by atoms with van der Waals surface area (Å²) in [6, 6.07) is 11.4. The number of aromatic amines is 1. The van der Waals surface area contributed by atoms with Crippen molar-refractivity contribution in [3.63, 3.8) is 0 Å². The zero-order valence-electron chi connectivity index (χ0n) is 10.6. The van der Waals surface area contributed by atoms with Crippen molar-refractivity contribution < 1.29 is 4.79 Å². The Morgan fingerprint density at radius 3 is 2.80 bits per heavy atom. The number of fused-ring (bicyclic) bond motifs is 1. The molecule has 0 aliphatic heterocycles. The number of hydrogen-bond donors (Lipinski definition) is 2. The number of aromatic nitrogens is 1. The lowest BCUT2D eigenvalue weighted by Crippen LogP contribution is -2.16. The number of rotatable bonds is 4. The number of carbonyl (C=O) groups is 1. The van der Waals surface area contributed by atoms with Crippen LogP contribution in [-0.2, 0) is 6.54 Å². The van der Waals surface area contributed by atoms with Gasteiger partial charge >= 0.3 is 0 Å². The van der Waals surface area contributed by atoms with Gasteiger partial charge in [0.05, 0.1) is 11.2 Å². The summed E-state index contributed by atoms with van der Waals surface area (Å²) in [5.41, 5.74) is 1.08. The van der Waals surface area contributed by atoms with E-state index >= 15 is 0 Å². The number of benzene rings is 1.